The highest BCUT2D eigenvalue weighted by Gasteiger charge is 2.30. The lowest BCUT2D eigenvalue weighted by Gasteiger charge is -2.21. The van der Waals surface area contributed by atoms with Gasteiger partial charge in [0.15, 0.2) is 5.75 Å². The minimum absolute atomic E-state index is 0.0696. The fraction of sp³-hybridized carbons (Fsp3) is 0.357. The molecule has 38 heavy (non-hydrogen) atoms. The smallest absolute Gasteiger partial charge is 0.259 e. The third kappa shape index (κ3) is 6.87. The number of aryl methyl sites for hydroxylation is 2. The maximum absolute atomic E-state index is 14.7. The minimum atomic E-state index is -0.490. The van der Waals surface area contributed by atoms with Gasteiger partial charge in [-0.15, -0.1) is 0 Å². The zero-order chi connectivity index (χ0) is 28.0. The van der Waals surface area contributed by atoms with E-state index < -0.39 is 11.7 Å². The molecule has 0 radical (unpaired) electrons. The van der Waals surface area contributed by atoms with Gasteiger partial charge in [0.2, 0.25) is 0 Å². The van der Waals surface area contributed by atoms with Crippen LogP contribution in [0.5, 0.6) is 11.5 Å². The molecule has 8 nitrogen and oxygen atoms in total. The maximum atomic E-state index is 14.7. The van der Waals surface area contributed by atoms with Crippen molar-refractivity contribution in [3.8, 4) is 11.5 Å². The summed E-state index contributed by atoms with van der Waals surface area (Å²) in [4.78, 5) is 26.7. The number of nitrogens with zero attached hydrogens (tertiary/aromatic N) is 1. The van der Waals surface area contributed by atoms with Crippen LogP contribution >= 0.6 is 12.1 Å². The number of carbonyl (C=O) groups is 1. The molecule has 204 valence electrons. The van der Waals surface area contributed by atoms with Crippen LogP contribution in [0.15, 0.2) is 41.2 Å². The predicted molar refractivity (Wildman–Crippen MR) is 154 cm³/mol. The largest absolute Gasteiger partial charge is 0.456 e. The first-order valence-corrected chi connectivity index (χ1v) is 13.4. The van der Waals surface area contributed by atoms with Crippen LogP contribution in [0.4, 0.5) is 21.6 Å². The first kappa shape index (κ1) is 29.1. The number of hydrogen-bond acceptors (Lipinski definition) is 7. The van der Waals surface area contributed by atoms with Gasteiger partial charge in [-0.05, 0) is 76.1 Å². The molecule has 1 amide bonds. The van der Waals surface area contributed by atoms with Crippen LogP contribution in [0.3, 0.4) is 0 Å². The van der Waals surface area contributed by atoms with E-state index in [1.165, 1.54) is 22.8 Å². The van der Waals surface area contributed by atoms with Crippen molar-refractivity contribution in [3.63, 3.8) is 0 Å². The normalized spacial score (nSPS) is 12.3. The van der Waals surface area contributed by atoms with E-state index in [1.54, 1.807) is 46.1 Å². The average molecular weight is 542 g/mol. The quantitative estimate of drug-likeness (QED) is 0.243. The Morgan fingerprint density at radius 3 is 2.42 bits per heavy atom. The predicted octanol–water partition coefficient (Wildman–Crippen LogP) is 6.10. The first-order chi connectivity index (χ1) is 18.2. The van der Waals surface area contributed by atoms with Gasteiger partial charge < -0.3 is 20.1 Å². The molecule has 4 N–H and O–H groups in total. The number of benzene rings is 2. The Balaban J connectivity index is 0.00000195. The van der Waals surface area contributed by atoms with Gasteiger partial charge in [0.05, 0.1) is 11.3 Å². The van der Waals surface area contributed by atoms with Crippen LogP contribution in [0.1, 0.15) is 53.7 Å². The fourth-order valence-corrected chi connectivity index (χ4v) is 4.16. The fourth-order valence-electron chi connectivity index (χ4n) is 3.83. The minimum Gasteiger partial charge on any atom is -0.456 e. The van der Waals surface area contributed by atoms with Crippen LogP contribution in [-0.4, -0.2) is 23.6 Å². The molecule has 1 aliphatic rings. The van der Waals surface area contributed by atoms with E-state index in [4.69, 9.17) is 4.74 Å². The second-order valence-electron chi connectivity index (χ2n) is 8.94. The van der Waals surface area contributed by atoms with E-state index in [-0.39, 0.29) is 40.0 Å². The Hall–Kier alpha value is -3.50. The molecule has 1 heterocycles. The van der Waals surface area contributed by atoms with Gasteiger partial charge in [-0.2, -0.15) is 0 Å². The molecule has 0 unspecified atom stereocenters. The van der Waals surface area contributed by atoms with Crippen LogP contribution in [0.25, 0.3) is 0 Å². The summed E-state index contributed by atoms with van der Waals surface area (Å²) in [5, 5.41) is 5.96. The molecule has 2 aromatic carbocycles. The first-order valence-electron chi connectivity index (χ1n) is 12.6. The Bertz CT molecular complexity index is 1370. The molecule has 0 spiro atoms. The summed E-state index contributed by atoms with van der Waals surface area (Å²) in [7, 11) is 3.34. The molecule has 3 aromatic rings. The molecule has 0 bridgehead atoms. The van der Waals surface area contributed by atoms with Gasteiger partial charge in [0.25, 0.3) is 11.5 Å². The lowest BCUT2D eigenvalue weighted by molar-refractivity contribution is 0.0948. The summed E-state index contributed by atoms with van der Waals surface area (Å²) >= 11 is 1.30. The van der Waals surface area contributed by atoms with Gasteiger partial charge >= 0.3 is 0 Å². The monoisotopic (exact) mass is 541 g/mol. The lowest BCUT2D eigenvalue weighted by atomic mass is 10.1. The van der Waals surface area contributed by atoms with Crippen LogP contribution in [0, 0.1) is 26.6 Å². The standard InChI is InChI=1S/C26H30FN5O3S.C2H6/c1-14-6-9-21(20(27)12-14)30-24-22(25(33)29-17-7-8-17)23(16(3)26(34)32(24)5)35-19-11-15(2)10-18(13-19)31-36-28-4;1-2/h6,9-13,17,28,30-31H,7-8H2,1-5H3,(H,29,33);1-2H3. The van der Waals surface area contributed by atoms with Gasteiger partial charge in [-0.3, -0.25) is 14.2 Å². The number of hydrogen-bond donors (Lipinski definition) is 4. The number of amides is 1. The summed E-state index contributed by atoms with van der Waals surface area (Å²) in [5.74, 6) is -0.144. The molecule has 1 aromatic heterocycles. The van der Waals surface area contributed by atoms with Crippen molar-refractivity contribution < 1.29 is 13.9 Å². The topological polar surface area (TPSA) is 96.4 Å². The number of carbonyl (C=O) groups excluding carboxylic acids is 1. The number of halogens is 1. The van der Waals surface area contributed by atoms with Gasteiger partial charge in [-0.25, -0.2) is 9.11 Å². The Kier molecular flexibility index (Phi) is 9.82. The summed E-state index contributed by atoms with van der Waals surface area (Å²) in [6, 6.07) is 10.3. The third-order valence-corrected chi connectivity index (χ3v) is 6.37. The maximum Gasteiger partial charge on any atom is 0.259 e. The van der Waals surface area contributed by atoms with Crippen molar-refractivity contribution in [3.05, 3.63) is 74.8 Å². The van der Waals surface area contributed by atoms with E-state index in [0.717, 1.165) is 29.7 Å². The number of anilines is 3. The molecule has 1 aliphatic carbocycles. The summed E-state index contributed by atoms with van der Waals surface area (Å²) < 4.78 is 28.4. The summed E-state index contributed by atoms with van der Waals surface area (Å²) in [6.07, 6.45) is 1.77. The van der Waals surface area contributed by atoms with E-state index >= 15 is 0 Å². The number of ether oxygens (including phenoxy) is 1. The van der Waals surface area contributed by atoms with Gasteiger partial charge in [0.1, 0.15) is 22.9 Å². The van der Waals surface area contributed by atoms with E-state index in [2.05, 4.69) is 20.1 Å². The summed E-state index contributed by atoms with van der Waals surface area (Å²) in [6.45, 7) is 9.33. The van der Waals surface area contributed by atoms with Crippen LogP contribution in [-0.2, 0) is 7.05 Å². The molecule has 0 saturated heterocycles. The van der Waals surface area contributed by atoms with E-state index in [1.807, 2.05) is 32.9 Å². The number of nitrogens with one attached hydrogen (secondary N) is 4. The molecule has 1 fully saturated rings. The van der Waals surface area contributed by atoms with Gasteiger partial charge in [0, 0.05) is 37.0 Å². The van der Waals surface area contributed by atoms with Crippen molar-refractivity contribution in [2.75, 3.05) is 17.1 Å². The van der Waals surface area contributed by atoms with Crippen molar-refractivity contribution >= 4 is 35.2 Å². The zero-order valence-corrected chi connectivity index (χ0v) is 23.7. The SMILES string of the molecule is CC.CNSNc1cc(C)cc(Oc2c(C(=O)NC3CC3)c(Nc3ccc(C)cc3F)n(C)c(=O)c2C)c1. The third-order valence-electron chi connectivity index (χ3n) is 5.82. The molecule has 10 heteroatoms. The molecular formula is C28H36FN5O3S. The number of rotatable bonds is 9. The second kappa shape index (κ2) is 12.8. The molecule has 1 saturated carbocycles. The van der Waals surface area contributed by atoms with Crippen molar-refractivity contribution in [1.82, 2.24) is 14.6 Å². The number of aromatic nitrogens is 1. The zero-order valence-electron chi connectivity index (χ0n) is 22.9. The highest BCUT2D eigenvalue weighted by molar-refractivity contribution is 7.98. The number of pyridine rings is 1. The molecule has 0 aliphatic heterocycles. The molecule has 4 rings (SSSR count). The lowest BCUT2D eigenvalue weighted by Crippen LogP contribution is -2.31. The van der Waals surface area contributed by atoms with Crippen LogP contribution < -0.4 is 30.4 Å². The van der Waals surface area contributed by atoms with Gasteiger partial charge in [-0.1, -0.05) is 19.9 Å². The highest BCUT2D eigenvalue weighted by atomic mass is 32.2. The second-order valence-corrected chi connectivity index (χ2v) is 9.76. The van der Waals surface area contributed by atoms with Crippen LogP contribution in [0.2, 0.25) is 0 Å². The van der Waals surface area contributed by atoms with Crippen molar-refractivity contribution in [2.45, 2.75) is 53.5 Å². The highest BCUT2D eigenvalue weighted by Crippen LogP contribution is 2.36. The van der Waals surface area contributed by atoms with E-state index in [9.17, 15) is 14.0 Å². The van der Waals surface area contributed by atoms with Crippen molar-refractivity contribution in [1.29, 1.82) is 0 Å². The van der Waals surface area contributed by atoms with Crippen molar-refractivity contribution in [2.24, 2.45) is 7.05 Å². The Labute approximate surface area is 227 Å². The average Bonchev–Trinajstić information content (AvgIpc) is 3.70. The molecule has 0 atom stereocenters. The van der Waals surface area contributed by atoms with E-state index in [0.29, 0.717) is 5.75 Å². The molecular weight excluding hydrogens is 505 g/mol. The Morgan fingerprint density at radius 2 is 1.79 bits per heavy atom. The Morgan fingerprint density at radius 1 is 1.08 bits per heavy atom. The summed E-state index contributed by atoms with van der Waals surface area (Å²) in [5.41, 5.74) is 2.67.